The molecule has 2 aromatic carbocycles. The number of para-hydroxylation sites is 3. The van der Waals surface area contributed by atoms with Gasteiger partial charge in [-0.05, 0) is 24.3 Å². The van der Waals surface area contributed by atoms with E-state index in [0.717, 1.165) is 6.07 Å². The summed E-state index contributed by atoms with van der Waals surface area (Å²) in [7, 11) is 0. The highest BCUT2D eigenvalue weighted by atomic mass is 19.4. The van der Waals surface area contributed by atoms with Crippen LogP contribution in [0.25, 0.3) is 0 Å². The highest BCUT2D eigenvalue weighted by Crippen LogP contribution is 2.42. The first-order valence-corrected chi connectivity index (χ1v) is 5.91. The quantitative estimate of drug-likeness (QED) is 0.866. The van der Waals surface area contributed by atoms with Gasteiger partial charge in [0, 0.05) is 0 Å². The van der Waals surface area contributed by atoms with Crippen LogP contribution in [0.2, 0.25) is 0 Å². The smallest absolute Gasteiger partial charge is 0.450 e. The molecule has 2 aromatic rings. The van der Waals surface area contributed by atoms with E-state index >= 15 is 0 Å². The molecule has 1 aliphatic heterocycles. The summed E-state index contributed by atoms with van der Waals surface area (Å²) in [5, 5.41) is 2.57. The molecule has 7 heteroatoms. The summed E-state index contributed by atoms with van der Waals surface area (Å²) in [6, 6.07) is 10.2. The van der Waals surface area contributed by atoms with E-state index in [-0.39, 0.29) is 17.1 Å². The van der Waals surface area contributed by atoms with Crippen molar-refractivity contribution in [1.82, 2.24) is 0 Å². The zero-order valence-corrected chi connectivity index (χ0v) is 10.4. The molecule has 1 amide bonds. The second-order valence-corrected chi connectivity index (χ2v) is 4.23. The standard InChI is InChI=1S/C14H8F3NO3/c15-14(16,17)21-11-7-3-4-8-12(11)20-10-6-2-1-5-9(10)18-13(8)19/h1-7H,(H,18,19). The number of nitrogens with one attached hydrogen (secondary N) is 1. The Balaban J connectivity index is 2.12. The van der Waals surface area contributed by atoms with Crippen molar-refractivity contribution in [1.29, 1.82) is 0 Å². The van der Waals surface area contributed by atoms with Gasteiger partial charge in [-0.15, -0.1) is 13.2 Å². The molecule has 0 fully saturated rings. The average Bonchev–Trinajstić information content (AvgIpc) is 2.54. The molecule has 1 N–H and O–H groups in total. The van der Waals surface area contributed by atoms with E-state index in [4.69, 9.17) is 4.74 Å². The lowest BCUT2D eigenvalue weighted by molar-refractivity contribution is -0.275. The van der Waals surface area contributed by atoms with Crippen LogP contribution in [0.3, 0.4) is 0 Å². The Labute approximate surface area is 117 Å². The Morgan fingerprint density at radius 2 is 1.81 bits per heavy atom. The molecule has 0 aromatic heterocycles. The Morgan fingerprint density at radius 1 is 1.05 bits per heavy atom. The third-order valence-electron chi connectivity index (χ3n) is 2.80. The molecule has 3 rings (SSSR count). The van der Waals surface area contributed by atoms with Crippen molar-refractivity contribution in [2.24, 2.45) is 0 Å². The van der Waals surface area contributed by atoms with Crippen molar-refractivity contribution in [2.45, 2.75) is 6.36 Å². The molecule has 4 nitrogen and oxygen atoms in total. The lowest BCUT2D eigenvalue weighted by Crippen LogP contribution is -2.18. The van der Waals surface area contributed by atoms with E-state index in [1.807, 2.05) is 0 Å². The first-order chi connectivity index (χ1) is 9.94. The SMILES string of the molecule is O=C1Nc2ccccc2Oc2c(OC(F)(F)F)cccc21. The minimum absolute atomic E-state index is 0.0343. The number of benzene rings is 2. The predicted molar refractivity (Wildman–Crippen MR) is 67.6 cm³/mol. The molecule has 21 heavy (non-hydrogen) atoms. The molecule has 0 atom stereocenters. The Morgan fingerprint density at radius 3 is 2.57 bits per heavy atom. The van der Waals surface area contributed by atoms with Gasteiger partial charge in [0.05, 0.1) is 11.3 Å². The number of hydrogen-bond acceptors (Lipinski definition) is 3. The van der Waals surface area contributed by atoms with Crippen molar-refractivity contribution >= 4 is 11.6 Å². The van der Waals surface area contributed by atoms with E-state index in [9.17, 15) is 18.0 Å². The van der Waals surface area contributed by atoms with E-state index in [2.05, 4.69) is 10.1 Å². The van der Waals surface area contributed by atoms with Crippen LogP contribution >= 0.6 is 0 Å². The van der Waals surface area contributed by atoms with Crippen LogP contribution < -0.4 is 14.8 Å². The maximum Gasteiger partial charge on any atom is 0.573 e. The fourth-order valence-corrected chi connectivity index (χ4v) is 1.96. The number of halogens is 3. The highest BCUT2D eigenvalue weighted by Gasteiger charge is 2.34. The van der Waals surface area contributed by atoms with Crippen LogP contribution in [0, 0.1) is 0 Å². The molecule has 0 unspecified atom stereocenters. The number of rotatable bonds is 1. The van der Waals surface area contributed by atoms with Crippen LogP contribution in [-0.2, 0) is 0 Å². The lowest BCUT2D eigenvalue weighted by atomic mass is 10.1. The number of alkyl halides is 3. The predicted octanol–water partition coefficient (Wildman–Crippen LogP) is 3.94. The van der Waals surface area contributed by atoms with Crippen LogP contribution in [-0.4, -0.2) is 12.3 Å². The van der Waals surface area contributed by atoms with Gasteiger partial charge in [-0.25, -0.2) is 0 Å². The highest BCUT2D eigenvalue weighted by molar-refractivity contribution is 6.08. The summed E-state index contributed by atoms with van der Waals surface area (Å²) in [4.78, 5) is 12.1. The van der Waals surface area contributed by atoms with Gasteiger partial charge in [0.2, 0.25) is 0 Å². The molecule has 0 saturated carbocycles. The normalized spacial score (nSPS) is 13.4. The number of fused-ring (bicyclic) bond motifs is 2. The van der Waals surface area contributed by atoms with Crippen molar-refractivity contribution in [3.63, 3.8) is 0 Å². The topological polar surface area (TPSA) is 47.6 Å². The van der Waals surface area contributed by atoms with E-state index < -0.39 is 18.0 Å². The first-order valence-electron chi connectivity index (χ1n) is 5.91. The minimum Gasteiger partial charge on any atom is -0.450 e. The Bertz CT molecular complexity index is 713. The first kappa shape index (κ1) is 13.3. The molecule has 1 aliphatic rings. The summed E-state index contributed by atoms with van der Waals surface area (Å²) in [6.45, 7) is 0. The number of hydrogen-bond donors (Lipinski definition) is 1. The number of carbonyl (C=O) groups excluding carboxylic acids is 1. The van der Waals surface area contributed by atoms with Gasteiger partial charge in [-0.2, -0.15) is 0 Å². The molecule has 108 valence electrons. The maximum atomic E-state index is 12.4. The molecule has 0 bridgehead atoms. The van der Waals surface area contributed by atoms with Crippen molar-refractivity contribution < 1.29 is 27.4 Å². The molecule has 0 radical (unpaired) electrons. The molecule has 0 saturated heterocycles. The number of ether oxygens (including phenoxy) is 2. The minimum atomic E-state index is -4.87. The second-order valence-electron chi connectivity index (χ2n) is 4.23. The van der Waals surface area contributed by atoms with Gasteiger partial charge in [0.15, 0.2) is 17.2 Å². The van der Waals surface area contributed by atoms with Crippen LogP contribution in [0.4, 0.5) is 18.9 Å². The molecule has 0 aliphatic carbocycles. The average molecular weight is 295 g/mol. The fourth-order valence-electron chi connectivity index (χ4n) is 1.96. The zero-order valence-electron chi connectivity index (χ0n) is 10.4. The Hall–Kier alpha value is -2.70. The lowest BCUT2D eigenvalue weighted by Gasteiger charge is -2.14. The maximum absolute atomic E-state index is 12.4. The van der Waals surface area contributed by atoms with Gasteiger partial charge in [0.25, 0.3) is 5.91 Å². The summed E-state index contributed by atoms with van der Waals surface area (Å²) >= 11 is 0. The summed E-state index contributed by atoms with van der Waals surface area (Å²) < 4.78 is 46.6. The Kier molecular flexibility index (Phi) is 2.97. The largest absolute Gasteiger partial charge is 0.573 e. The van der Waals surface area contributed by atoms with E-state index in [1.54, 1.807) is 18.2 Å². The second kappa shape index (κ2) is 4.69. The molecule has 0 spiro atoms. The van der Waals surface area contributed by atoms with Crippen molar-refractivity contribution in [3.8, 4) is 17.2 Å². The van der Waals surface area contributed by atoms with E-state index in [1.165, 1.54) is 18.2 Å². The van der Waals surface area contributed by atoms with Crippen molar-refractivity contribution in [3.05, 3.63) is 48.0 Å². The van der Waals surface area contributed by atoms with Crippen LogP contribution in [0.1, 0.15) is 10.4 Å². The van der Waals surface area contributed by atoms with Gasteiger partial charge in [-0.1, -0.05) is 18.2 Å². The van der Waals surface area contributed by atoms with Gasteiger partial charge >= 0.3 is 6.36 Å². The van der Waals surface area contributed by atoms with Crippen LogP contribution in [0.5, 0.6) is 17.2 Å². The zero-order chi connectivity index (χ0) is 15.0. The van der Waals surface area contributed by atoms with Gasteiger partial charge in [0.1, 0.15) is 0 Å². The third kappa shape index (κ3) is 2.62. The fraction of sp³-hybridized carbons (Fsp3) is 0.0714. The molecular weight excluding hydrogens is 287 g/mol. The van der Waals surface area contributed by atoms with Gasteiger partial charge < -0.3 is 14.8 Å². The summed E-state index contributed by atoms with van der Waals surface area (Å²) in [6.07, 6.45) is -4.87. The number of carbonyl (C=O) groups is 1. The van der Waals surface area contributed by atoms with Crippen LogP contribution in [0.15, 0.2) is 42.5 Å². The number of amides is 1. The molecular formula is C14H8F3NO3. The van der Waals surface area contributed by atoms with Gasteiger partial charge in [-0.3, -0.25) is 4.79 Å². The molecule has 1 heterocycles. The summed E-state index contributed by atoms with van der Waals surface area (Å²) in [5.41, 5.74) is 0.338. The van der Waals surface area contributed by atoms with Crippen molar-refractivity contribution in [2.75, 3.05) is 5.32 Å². The van der Waals surface area contributed by atoms with E-state index in [0.29, 0.717) is 5.69 Å². The third-order valence-corrected chi connectivity index (χ3v) is 2.80. The number of anilines is 1. The monoisotopic (exact) mass is 295 g/mol. The summed E-state index contributed by atoms with van der Waals surface area (Å²) in [5.74, 6) is -1.16.